The number of benzene rings is 1. The number of ether oxygens (including phenoxy) is 1. The highest BCUT2D eigenvalue weighted by Crippen LogP contribution is 2.29. The van der Waals surface area contributed by atoms with Gasteiger partial charge in [0.2, 0.25) is 5.89 Å². The molecule has 34 heavy (non-hydrogen) atoms. The molecule has 0 saturated heterocycles. The lowest BCUT2D eigenvalue weighted by molar-refractivity contribution is 0.373. The van der Waals surface area contributed by atoms with Gasteiger partial charge in [-0.25, -0.2) is 9.79 Å². The van der Waals surface area contributed by atoms with E-state index in [1.54, 1.807) is 17.7 Å². The monoisotopic (exact) mass is 505 g/mol. The van der Waals surface area contributed by atoms with Crippen molar-refractivity contribution in [3.8, 4) is 5.75 Å². The third-order valence-corrected chi connectivity index (χ3v) is 6.18. The number of aliphatic imine (C=N–C) groups is 1. The fourth-order valence-electron chi connectivity index (χ4n) is 3.99. The standard InChI is InChI=1S/C23H25Cl2N5O4/c1-3-4-10-29-21-15(13-17(25)26-21)22(31)30(23(29)32)11-6-9-18-27-19(34-28-18)12-14-7-5-8-16(24)20(14)33-2/h5,7-8H,3-4,6,9-13H2,1-2H3. The van der Waals surface area contributed by atoms with Gasteiger partial charge in [-0.05, 0) is 18.9 Å². The van der Waals surface area contributed by atoms with Crippen LogP contribution in [0.3, 0.4) is 0 Å². The van der Waals surface area contributed by atoms with Gasteiger partial charge in [0.15, 0.2) is 5.82 Å². The Morgan fingerprint density at radius 3 is 2.71 bits per heavy atom. The number of aryl methyl sites for hydroxylation is 1. The second-order valence-electron chi connectivity index (χ2n) is 8.03. The minimum absolute atomic E-state index is 0.237. The van der Waals surface area contributed by atoms with Gasteiger partial charge >= 0.3 is 5.69 Å². The molecule has 9 nitrogen and oxygen atoms in total. The molecule has 2 aromatic heterocycles. The molecule has 1 aromatic carbocycles. The molecule has 0 radical (unpaired) electrons. The second-order valence-corrected chi connectivity index (χ2v) is 8.87. The number of nitrogens with zero attached hydrogens (tertiary/aromatic N) is 5. The van der Waals surface area contributed by atoms with Crippen LogP contribution >= 0.6 is 23.2 Å². The number of rotatable bonds is 10. The van der Waals surface area contributed by atoms with E-state index in [2.05, 4.69) is 15.1 Å². The second kappa shape index (κ2) is 10.6. The Morgan fingerprint density at radius 2 is 1.94 bits per heavy atom. The highest BCUT2D eigenvalue weighted by molar-refractivity contribution is 6.66. The van der Waals surface area contributed by atoms with Gasteiger partial charge in [-0.1, -0.05) is 53.8 Å². The molecule has 0 bridgehead atoms. The Bertz CT molecular complexity index is 1340. The van der Waals surface area contributed by atoms with Gasteiger partial charge in [-0.3, -0.25) is 13.9 Å². The summed E-state index contributed by atoms with van der Waals surface area (Å²) in [6, 6.07) is 5.46. The van der Waals surface area contributed by atoms with Gasteiger partial charge in [-0.2, -0.15) is 4.98 Å². The summed E-state index contributed by atoms with van der Waals surface area (Å²) >= 11 is 12.3. The lowest BCUT2D eigenvalue weighted by Gasteiger charge is -2.13. The van der Waals surface area contributed by atoms with Crippen LogP contribution in [0.1, 0.15) is 49.0 Å². The van der Waals surface area contributed by atoms with Gasteiger partial charge in [0, 0.05) is 31.5 Å². The minimum atomic E-state index is -0.367. The predicted octanol–water partition coefficient (Wildman–Crippen LogP) is 3.90. The average molecular weight is 506 g/mol. The third-order valence-electron chi connectivity index (χ3n) is 5.66. The lowest BCUT2D eigenvalue weighted by atomic mass is 10.1. The first-order chi connectivity index (χ1) is 16.4. The topological polar surface area (TPSA) is 105 Å². The fourth-order valence-corrected chi connectivity index (χ4v) is 4.47. The quantitative estimate of drug-likeness (QED) is 0.413. The molecule has 0 saturated carbocycles. The molecule has 3 heterocycles. The molecule has 0 atom stereocenters. The number of fused-ring (bicyclic) bond motifs is 1. The third kappa shape index (κ3) is 4.95. The van der Waals surface area contributed by atoms with Crippen molar-refractivity contribution in [2.75, 3.05) is 7.11 Å². The number of para-hydroxylation sites is 1. The van der Waals surface area contributed by atoms with E-state index in [0.29, 0.717) is 64.8 Å². The Labute approximate surface area is 206 Å². The summed E-state index contributed by atoms with van der Waals surface area (Å²) in [6.45, 7) is 2.77. The summed E-state index contributed by atoms with van der Waals surface area (Å²) in [5.41, 5.74) is 0.601. The zero-order valence-electron chi connectivity index (χ0n) is 19.0. The maximum atomic E-state index is 13.0. The van der Waals surface area contributed by atoms with E-state index in [1.165, 1.54) is 4.57 Å². The van der Waals surface area contributed by atoms with Crippen molar-refractivity contribution in [2.24, 2.45) is 4.99 Å². The number of hydrogen-bond acceptors (Lipinski definition) is 7. The van der Waals surface area contributed by atoms with Crippen molar-refractivity contribution in [3.05, 3.63) is 66.9 Å². The summed E-state index contributed by atoms with van der Waals surface area (Å²) < 4.78 is 13.5. The molecule has 180 valence electrons. The molecular formula is C23H25Cl2N5O4. The summed E-state index contributed by atoms with van der Waals surface area (Å²) in [5, 5.41) is 4.86. The Balaban J connectivity index is 1.46. The van der Waals surface area contributed by atoms with Crippen LogP contribution in [0.4, 0.5) is 5.82 Å². The molecule has 0 N–H and O–H groups in total. The molecular weight excluding hydrogens is 481 g/mol. The molecule has 3 aromatic rings. The van der Waals surface area contributed by atoms with E-state index in [1.807, 2.05) is 19.1 Å². The van der Waals surface area contributed by atoms with E-state index in [4.69, 9.17) is 32.5 Å². The zero-order valence-corrected chi connectivity index (χ0v) is 20.5. The summed E-state index contributed by atoms with van der Waals surface area (Å²) in [6.07, 6.45) is 3.30. The van der Waals surface area contributed by atoms with Gasteiger partial charge in [0.1, 0.15) is 16.7 Å². The van der Waals surface area contributed by atoms with Crippen molar-refractivity contribution < 1.29 is 9.26 Å². The lowest BCUT2D eigenvalue weighted by Crippen LogP contribution is -2.41. The molecule has 4 rings (SSSR count). The van der Waals surface area contributed by atoms with Crippen LogP contribution in [-0.4, -0.2) is 31.6 Å². The molecule has 0 aliphatic carbocycles. The number of aromatic nitrogens is 4. The number of methoxy groups -OCH3 is 1. The van der Waals surface area contributed by atoms with Crippen LogP contribution in [0.2, 0.25) is 5.02 Å². The van der Waals surface area contributed by atoms with Gasteiger partial charge in [-0.15, -0.1) is 0 Å². The SMILES string of the molecule is CCCCn1c2c(c(=O)n(CCCc3noc(Cc4cccc(Cl)c4OC)n3)c1=O)CC(Cl)=N2. The van der Waals surface area contributed by atoms with Gasteiger partial charge in [0.05, 0.1) is 24.1 Å². The van der Waals surface area contributed by atoms with Crippen LogP contribution in [0.5, 0.6) is 5.75 Å². The minimum Gasteiger partial charge on any atom is -0.495 e. The zero-order chi connectivity index (χ0) is 24.2. The van der Waals surface area contributed by atoms with E-state index < -0.39 is 0 Å². The van der Waals surface area contributed by atoms with Crippen molar-refractivity contribution in [3.63, 3.8) is 0 Å². The summed E-state index contributed by atoms with van der Waals surface area (Å²) in [4.78, 5) is 34.6. The van der Waals surface area contributed by atoms with Crippen molar-refractivity contribution in [1.29, 1.82) is 0 Å². The van der Waals surface area contributed by atoms with Crippen molar-refractivity contribution in [2.45, 2.75) is 58.5 Å². The van der Waals surface area contributed by atoms with Crippen molar-refractivity contribution in [1.82, 2.24) is 19.3 Å². The van der Waals surface area contributed by atoms with Crippen LogP contribution in [-0.2, 0) is 32.4 Å². The number of unbranched alkanes of at least 4 members (excludes halogenated alkanes) is 1. The largest absolute Gasteiger partial charge is 0.495 e. The highest BCUT2D eigenvalue weighted by Gasteiger charge is 2.24. The van der Waals surface area contributed by atoms with E-state index in [9.17, 15) is 9.59 Å². The predicted molar refractivity (Wildman–Crippen MR) is 130 cm³/mol. The van der Waals surface area contributed by atoms with E-state index in [0.717, 1.165) is 18.4 Å². The maximum absolute atomic E-state index is 13.0. The summed E-state index contributed by atoms with van der Waals surface area (Å²) in [5.74, 6) is 1.90. The first kappa shape index (κ1) is 24.2. The van der Waals surface area contributed by atoms with Crippen LogP contribution in [0, 0.1) is 0 Å². The molecule has 1 aliphatic heterocycles. The Hall–Kier alpha value is -2.91. The smallest absolute Gasteiger partial charge is 0.332 e. The van der Waals surface area contributed by atoms with Crippen LogP contribution in [0.25, 0.3) is 0 Å². The first-order valence-corrected chi connectivity index (χ1v) is 11.9. The van der Waals surface area contributed by atoms with E-state index >= 15 is 0 Å². The molecule has 11 heteroatoms. The number of hydrogen-bond donors (Lipinski definition) is 0. The van der Waals surface area contributed by atoms with Gasteiger partial charge < -0.3 is 9.26 Å². The fraction of sp³-hybridized carbons (Fsp3) is 0.435. The highest BCUT2D eigenvalue weighted by atomic mass is 35.5. The first-order valence-electron chi connectivity index (χ1n) is 11.1. The van der Waals surface area contributed by atoms with Crippen molar-refractivity contribution >= 4 is 34.2 Å². The molecule has 1 aliphatic rings. The molecule has 0 amide bonds. The van der Waals surface area contributed by atoms with E-state index in [-0.39, 0.29) is 24.2 Å². The Kier molecular flexibility index (Phi) is 7.53. The normalized spacial score (nSPS) is 12.6. The average Bonchev–Trinajstić information content (AvgIpc) is 3.42. The maximum Gasteiger partial charge on any atom is 0.332 e. The van der Waals surface area contributed by atoms with Crippen LogP contribution in [0.15, 0.2) is 37.3 Å². The molecule has 0 unspecified atom stereocenters. The summed E-state index contributed by atoms with van der Waals surface area (Å²) in [7, 11) is 1.56. The Morgan fingerprint density at radius 1 is 1.15 bits per heavy atom. The molecule has 0 fully saturated rings. The van der Waals surface area contributed by atoms with Gasteiger partial charge in [0.25, 0.3) is 5.56 Å². The number of halogens is 2. The molecule has 0 spiro atoms. The van der Waals surface area contributed by atoms with Crippen LogP contribution < -0.4 is 16.0 Å².